The summed E-state index contributed by atoms with van der Waals surface area (Å²) in [6, 6.07) is 68.0. The first kappa shape index (κ1) is 28.0. The summed E-state index contributed by atoms with van der Waals surface area (Å²) in [7, 11) is 0. The largest absolute Gasteiger partial charge is 0.0616 e. The number of hydrogen-bond donors (Lipinski definition) is 0. The Kier molecular flexibility index (Phi) is 5.59. The molecular weight excluding hydrogens is 625 g/mol. The molecule has 0 radical (unpaired) electrons. The van der Waals surface area contributed by atoms with Gasteiger partial charge in [0.2, 0.25) is 0 Å². The summed E-state index contributed by atoms with van der Waals surface area (Å²) in [5.74, 6) is 0. The van der Waals surface area contributed by atoms with Crippen molar-refractivity contribution < 1.29 is 0 Å². The lowest BCUT2D eigenvalue weighted by Gasteiger charge is -2.16. The molecule has 0 N–H and O–H groups in total. The van der Waals surface area contributed by atoms with E-state index in [1.807, 2.05) is 0 Å². The van der Waals surface area contributed by atoms with E-state index < -0.39 is 0 Å². The Labute approximate surface area is 300 Å². The first-order valence-corrected chi connectivity index (χ1v) is 18.2. The molecule has 0 nitrogen and oxygen atoms in total. The number of fused-ring (bicyclic) bond motifs is 15. The molecule has 0 atom stereocenters. The van der Waals surface area contributed by atoms with E-state index in [1.165, 1.54) is 120 Å². The molecular formula is C52H30. The predicted octanol–water partition coefficient (Wildman–Crippen LogP) is 14.7. The van der Waals surface area contributed by atoms with Gasteiger partial charge < -0.3 is 0 Å². The van der Waals surface area contributed by atoms with Crippen LogP contribution >= 0.6 is 0 Å². The topological polar surface area (TPSA) is 0 Å². The fraction of sp³-hybridized carbons (Fsp3) is 0. The van der Waals surface area contributed by atoms with Crippen molar-refractivity contribution in [3.63, 3.8) is 0 Å². The maximum absolute atomic E-state index is 2.44. The van der Waals surface area contributed by atoms with E-state index in [2.05, 4.69) is 182 Å². The van der Waals surface area contributed by atoms with Crippen molar-refractivity contribution in [2.75, 3.05) is 0 Å². The molecule has 0 saturated heterocycles. The van der Waals surface area contributed by atoms with Crippen molar-refractivity contribution in [3.8, 4) is 44.5 Å². The zero-order chi connectivity index (χ0) is 33.9. The highest BCUT2D eigenvalue weighted by molar-refractivity contribution is 6.31. The Morgan fingerprint density at radius 2 is 0.519 bits per heavy atom. The third-order valence-corrected chi connectivity index (χ3v) is 11.8. The van der Waals surface area contributed by atoms with Crippen LogP contribution in [0.15, 0.2) is 182 Å². The standard InChI is InChI=1S/C52H30/c1-3-14-37-33(12-1)35-16-5-7-18-41(35)50-32(20-9-21-43(37)50)31-26-27-40-48-29-28-39(46-24-11-25-47(52(46)48)49(40)30-31)45-23-10-22-44-38-15-4-2-13-34(38)36-17-6-8-19-42(36)51(44)45/h1-30H. The Bertz CT molecular complexity index is 3250. The van der Waals surface area contributed by atoms with E-state index in [1.54, 1.807) is 0 Å². The first-order chi connectivity index (χ1) is 25.8. The van der Waals surface area contributed by atoms with E-state index in [9.17, 15) is 0 Å². The van der Waals surface area contributed by atoms with Gasteiger partial charge in [0.1, 0.15) is 0 Å². The molecule has 0 amide bonds. The average molecular weight is 655 g/mol. The molecule has 0 aliphatic heterocycles. The van der Waals surface area contributed by atoms with Gasteiger partial charge >= 0.3 is 0 Å². The third-order valence-electron chi connectivity index (χ3n) is 11.8. The monoisotopic (exact) mass is 654 g/mol. The molecule has 12 rings (SSSR count). The van der Waals surface area contributed by atoms with Gasteiger partial charge in [-0.3, -0.25) is 0 Å². The smallest absolute Gasteiger partial charge is 0.00201 e. The van der Waals surface area contributed by atoms with Crippen molar-refractivity contribution in [3.05, 3.63) is 182 Å². The SMILES string of the molecule is c1cc2c3c(ccc(-c4cccc5c6ccccc6c6ccccc6c45)c3c1)-c1ccc(-c3cccc4c5ccccc5c5ccccc5c34)cc1-2. The lowest BCUT2D eigenvalue weighted by molar-refractivity contribution is 1.66. The van der Waals surface area contributed by atoms with Gasteiger partial charge in [0.25, 0.3) is 0 Å². The van der Waals surface area contributed by atoms with E-state index in [-0.39, 0.29) is 0 Å². The van der Waals surface area contributed by atoms with Gasteiger partial charge in [-0.15, -0.1) is 0 Å². The van der Waals surface area contributed by atoms with Crippen LogP contribution in [0.4, 0.5) is 0 Å². The molecule has 0 bridgehead atoms. The van der Waals surface area contributed by atoms with Crippen LogP contribution in [0.2, 0.25) is 0 Å². The summed E-state index contributed by atoms with van der Waals surface area (Å²) < 4.78 is 0. The summed E-state index contributed by atoms with van der Waals surface area (Å²) in [5.41, 5.74) is 10.4. The highest BCUT2D eigenvalue weighted by Gasteiger charge is 2.25. The van der Waals surface area contributed by atoms with Crippen LogP contribution in [0.5, 0.6) is 0 Å². The maximum Gasteiger partial charge on any atom is -0.00201 e. The second kappa shape index (κ2) is 10.4. The molecule has 0 saturated carbocycles. The van der Waals surface area contributed by atoms with Gasteiger partial charge in [-0.05, 0) is 126 Å². The Morgan fingerprint density at radius 1 is 0.173 bits per heavy atom. The Balaban J connectivity index is 1.10. The van der Waals surface area contributed by atoms with Crippen LogP contribution < -0.4 is 0 Å². The van der Waals surface area contributed by atoms with Crippen LogP contribution in [0.1, 0.15) is 0 Å². The normalized spacial score (nSPS) is 12.2. The number of rotatable bonds is 2. The summed E-state index contributed by atoms with van der Waals surface area (Å²) in [6.07, 6.45) is 0. The molecule has 0 heterocycles. The van der Waals surface area contributed by atoms with Gasteiger partial charge in [0.05, 0.1) is 0 Å². The molecule has 1 aliphatic carbocycles. The van der Waals surface area contributed by atoms with Crippen molar-refractivity contribution in [1.82, 2.24) is 0 Å². The molecule has 0 fully saturated rings. The van der Waals surface area contributed by atoms with Crippen molar-refractivity contribution in [1.29, 1.82) is 0 Å². The lowest BCUT2D eigenvalue weighted by atomic mass is 9.87. The van der Waals surface area contributed by atoms with Gasteiger partial charge in [0.15, 0.2) is 0 Å². The number of benzene rings is 11. The van der Waals surface area contributed by atoms with E-state index in [4.69, 9.17) is 0 Å². The van der Waals surface area contributed by atoms with Gasteiger partial charge in [-0.2, -0.15) is 0 Å². The fourth-order valence-electron chi connectivity index (χ4n) is 9.64. The van der Waals surface area contributed by atoms with Gasteiger partial charge in [-0.25, -0.2) is 0 Å². The molecule has 0 heteroatoms. The molecule has 11 aromatic rings. The van der Waals surface area contributed by atoms with Gasteiger partial charge in [-0.1, -0.05) is 176 Å². The minimum absolute atomic E-state index is 1.25. The van der Waals surface area contributed by atoms with E-state index in [0.717, 1.165) is 0 Å². The Hall–Kier alpha value is -6.76. The maximum atomic E-state index is 2.44. The Morgan fingerprint density at radius 3 is 1.06 bits per heavy atom. The van der Waals surface area contributed by atoms with Crippen LogP contribution in [0, 0.1) is 0 Å². The van der Waals surface area contributed by atoms with E-state index >= 15 is 0 Å². The molecule has 52 heavy (non-hydrogen) atoms. The molecule has 0 unspecified atom stereocenters. The molecule has 11 aromatic carbocycles. The lowest BCUT2D eigenvalue weighted by Crippen LogP contribution is -1.88. The molecule has 1 aliphatic rings. The summed E-state index contributed by atoms with van der Waals surface area (Å²) in [4.78, 5) is 0. The summed E-state index contributed by atoms with van der Waals surface area (Å²) in [5, 5.41) is 18.3. The van der Waals surface area contributed by atoms with Crippen LogP contribution in [-0.2, 0) is 0 Å². The third kappa shape index (κ3) is 3.66. The fourth-order valence-corrected chi connectivity index (χ4v) is 9.64. The molecule has 0 aromatic heterocycles. The van der Waals surface area contributed by atoms with Crippen molar-refractivity contribution >= 4 is 75.4 Å². The zero-order valence-corrected chi connectivity index (χ0v) is 28.3. The van der Waals surface area contributed by atoms with Crippen LogP contribution in [0.3, 0.4) is 0 Å². The van der Waals surface area contributed by atoms with Crippen molar-refractivity contribution in [2.45, 2.75) is 0 Å². The van der Waals surface area contributed by atoms with Gasteiger partial charge in [0, 0.05) is 0 Å². The van der Waals surface area contributed by atoms with Crippen LogP contribution in [-0.4, -0.2) is 0 Å². The minimum Gasteiger partial charge on any atom is -0.0616 e. The zero-order valence-electron chi connectivity index (χ0n) is 28.3. The quantitative estimate of drug-likeness (QED) is 0.163. The van der Waals surface area contributed by atoms with Crippen LogP contribution in [0.25, 0.3) is 120 Å². The average Bonchev–Trinajstić information content (AvgIpc) is 3.54. The minimum atomic E-state index is 1.25. The number of hydrogen-bond acceptors (Lipinski definition) is 0. The van der Waals surface area contributed by atoms with E-state index in [0.29, 0.717) is 0 Å². The summed E-state index contributed by atoms with van der Waals surface area (Å²) >= 11 is 0. The molecule has 0 spiro atoms. The van der Waals surface area contributed by atoms with Crippen molar-refractivity contribution in [2.24, 2.45) is 0 Å². The first-order valence-electron chi connectivity index (χ1n) is 18.2. The summed E-state index contributed by atoms with van der Waals surface area (Å²) in [6.45, 7) is 0. The second-order valence-corrected chi connectivity index (χ2v) is 14.3. The predicted molar refractivity (Wildman–Crippen MR) is 224 cm³/mol. The second-order valence-electron chi connectivity index (χ2n) is 14.3. The highest BCUT2D eigenvalue weighted by atomic mass is 14.3. The highest BCUT2D eigenvalue weighted by Crippen LogP contribution is 2.52. The molecule has 238 valence electrons.